The molecule has 0 saturated carbocycles. The van der Waals surface area contributed by atoms with E-state index in [4.69, 9.17) is 34.8 Å². The van der Waals surface area contributed by atoms with Gasteiger partial charge in [-0.2, -0.15) is 21.2 Å². The molecule has 0 aromatic heterocycles. The monoisotopic (exact) mass is 643 g/mol. The Kier molecular flexibility index (Phi) is 9.57. The maximum absolute atomic E-state index is 13.4. The number of halogens is 3. The molecular formula is C17H20Cl3N3O9S4. The maximum atomic E-state index is 13.4. The van der Waals surface area contributed by atoms with E-state index < -0.39 is 82.2 Å². The number of unbranched alkanes of at least 4 members (excludes halogenated alkanes) is 1. The predicted molar refractivity (Wildman–Crippen MR) is 138 cm³/mol. The third-order valence-electron chi connectivity index (χ3n) is 4.27. The SMILES string of the molecule is CCCCS(=O)(=O)Nc1c(Cl)c(N(NS(C)(=O)=O)S(=O)(=O)c2ccccc2)c(Cl)c(Cl)c1S(=O)(=O)O. The topological polar surface area (TPSA) is 184 Å². The van der Waals surface area contributed by atoms with E-state index in [9.17, 15) is 38.2 Å². The highest BCUT2D eigenvalue weighted by Crippen LogP contribution is 2.49. The molecule has 0 aliphatic rings. The summed E-state index contributed by atoms with van der Waals surface area (Å²) in [5.74, 6) is -0.506. The quantitative estimate of drug-likeness (QED) is 0.188. The van der Waals surface area contributed by atoms with Crippen molar-refractivity contribution in [1.82, 2.24) is 4.83 Å². The molecule has 0 unspecified atom stereocenters. The van der Waals surface area contributed by atoms with Gasteiger partial charge in [-0.05, 0) is 18.6 Å². The highest BCUT2D eigenvalue weighted by atomic mass is 35.5. The Morgan fingerprint density at radius 2 is 1.44 bits per heavy atom. The molecule has 2 aromatic carbocycles. The van der Waals surface area contributed by atoms with E-state index in [1.165, 1.54) is 18.2 Å². The molecule has 0 heterocycles. The van der Waals surface area contributed by atoms with E-state index in [0.29, 0.717) is 12.7 Å². The van der Waals surface area contributed by atoms with Crippen LogP contribution in [0.1, 0.15) is 19.8 Å². The number of hydrogen-bond acceptors (Lipinski definition) is 8. The first-order chi connectivity index (χ1) is 16.3. The lowest BCUT2D eigenvalue weighted by molar-refractivity contribution is 0.483. The first-order valence-electron chi connectivity index (χ1n) is 9.59. The Morgan fingerprint density at radius 1 is 0.889 bits per heavy atom. The van der Waals surface area contributed by atoms with E-state index in [-0.39, 0.29) is 10.8 Å². The van der Waals surface area contributed by atoms with Crippen molar-refractivity contribution in [2.75, 3.05) is 21.1 Å². The summed E-state index contributed by atoms with van der Waals surface area (Å²) in [4.78, 5) is -0.0114. The highest BCUT2D eigenvalue weighted by molar-refractivity contribution is 7.95. The largest absolute Gasteiger partial charge is 0.298 e. The van der Waals surface area contributed by atoms with Crippen LogP contribution in [-0.4, -0.2) is 50.2 Å². The summed E-state index contributed by atoms with van der Waals surface area (Å²) in [5.41, 5.74) is -1.97. The fourth-order valence-corrected chi connectivity index (χ4v) is 8.55. The van der Waals surface area contributed by atoms with Gasteiger partial charge in [0.2, 0.25) is 20.0 Å². The number of nitrogens with zero attached hydrogens (tertiary/aromatic N) is 1. The molecule has 0 fully saturated rings. The van der Waals surface area contributed by atoms with Gasteiger partial charge in [0, 0.05) is 0 Å². The van der Waals surface area contributed by atoms with Gasteiger partial charge in [0.05, 0.1) is 37.7 Å². The van der Waals surface area contributed by atoms with Crippen LogP contribution in [0.5, 0.6) is 0 Å². The van der Waals surface area contributed by atoms with Gasteiger partial charge in [0.1, 0.15) is 10.6 Å². The van der Waals surface area contributed by atoms with Crippen molar-refractivity contribution in [2.45, 2.75) is 29.6 Å². The van der Waals surface area contributed by atoms with E-state index in [1.54, 1.807) is 11.8 Å². The molecule has 0 saturated heterocycles. The fourth-order valence-electron chi connectivity index (χ4n) is 2.74. The van der Waals surface area contributed by atoms with Crippen LogP contribution >= 0.6 is 34.8 Å². The lowest BCUT2D eigenvalue weighted by atomic mass is 10.3. The van der Waals surface area contributed by atoms with Crippen molar-refractivity contribution in [3.05, 3.63) is 45.4 Å². The maximum Gasteiger partial charge on any atom is 0.298 e. The highest BCUT2D eigenvalue weighted by Gasteiger charge is 2.37. The molecule has 0 spiro atoms. The van der Waals surface area contributed by atoms with Crippen molar-refractivity contribution in [2.24, 2.45) is 0 Å². The van der Waals surface area contributed by atoms with Crippen molar-refractivity contribution < 1.29 is 38.2 Å². The zero-order chi connectivity index (χ0) is 27.7. The zero-order valence-electron chi connectivity index (χ0n) is 18.4. The molecular weight excluding hydrogens is 625 g/mol. The Hall–Kier alpha value is -1.37. The minimum atomic E-state index is -5.30. The third kappa shape index (κ3) is 7.14. The first kappa shape index (κ1) is 30.9. The number of nitrogens with one attached hydrogen (secondary N) is 2. The lowest BCUT2D eigenvalue weighted by Gasteiger charge is -2.28. The van der Waals surface area contributed by atoms with Crippen molar-refractivity contribution >= 4 is 86.4 Å². The summed E-state index contributed by atoms with van der Waals surface area (Å²) in [6.45, 7) is 1.69. The molecule has 19 heteroatoms. The normalized spacial score (nSPS) is 12.9. The molecule has 36 heavy (non-hydrogen) atoms. The molecule has 0 radical (unpaired) electrons. The predicted octanol–water partition coefficient (Wildman–Crippen LogP) is 3.09. The van der Waals surface area contributed by atoms with Gasteiger partial charge >= 0.3 is 0 Å². The Balaban J connectivity index is 3.01. The van der Waals surface area contributed by atoms with Crippen molar-refractivity contribution in [3.63, 3.8) is 0 Å². The van der Waals surface area contributed by atoms with Crippen molar-refractivity contribution in [1.29, 1.82) is 0 Å². The van der Waals surface area contributed by atoms with Crippen LogP contribution in [0.2, 0.25) is 15.1 Å². The summed E-state index contributed by atoms with van der Waals surface area (Å²) in [6, 6.07) is 6.36. The summed E-state index contributed by atoms with van der Waals surface area (Å²) >= 11 is 18.5. The second kappa shape index (κ2) is 11.2. The first-order valence-corrected chi connectivity index (χ1v) is 17.2. The van der Waals surface area contributed by atoms with Crippen LogP contribution in [-0.2, 0) is 40.2 Å². The lowest BCUT2D eigenvalue weighted by Crippen LogP contribution is -2.46. The van der Waals surface area contributed by atoms with E-state index in [0.717, 1.165) is 12.1 Å². The molecule has 0 aliphatic carbocycles. The molecule has 0 amide bonds. The van der Waals surface area contributed by atoms with Crippen molar-refractivity contribution in [3.8, 4) is 0 Å². The van der Waals surface area contributed by atoms with Crippen LogP contribution in [0.3, 0.4) is 0 Å². The van der Waals surface area contributed by atoms with Crippen LogP contribution in [0, 0.1) is 0 Å². The Morgan fingerprint density at radius 3 is 1.92 bits per heavy atom. The van der Waals surface area contributed by atoms with Gasteiger partial charge in [-0.15, -0.1) is 4.83 Å². The van der Waals surface area contributed by atoms with Crippen LogP contribution in [0.25, 0.3) is 0 Å². The minimum absolute atomic E-state index is 0.00578. The summed E-state index contributed by atoms with van der Waals surface area (Å²) in [6.07, 6.45) is 1.19. The molecule has 202 valence electrons. The second-order valence-electron chi connectivity index (χ2n) is 7.19. The molecule has 0 bridgehead atoms. The van der Waals surface area contributed by atoms with E-state index in [1.807, 2.05) is 4.72 Å². The molecule has 0 atom stereocenters. The van der Waals surface area contributed by atoms with Gasteiger partial charge in [0.15, 0.2) is 0 Å². The fraction of sp³-hybridized carbons (Fsp3) is 0.294. The summed E-state index contributed by atoms with van der Waals surface area (Å²) in [5, 5.41) is -2.95. The van der Waals surface area contributed by atoms with E-state index in [2.05, 4.69) is 0 Å². The van der Waals surface area contributed by atoms with Gasteiger partial charge < -0.3 is 0 Å². The third-order valence-corrected chi connectivity index (χ3v) is 10.1. The average Bonchev–Trinajstić information content (AvgIpc) is 2.74. The number of hydrogen-bond donors (Lipinski definition) is 3. The standard InChI is InChI=1S/C17H20Cl3N3O9S4/c1-3-4-10-34(26,27)21-15-14(20)16(12(18)13(19)17(15)36(30,31)32)23(22-33(2,24)25)35(28,29)11-8-6-5-7-9-11/h5-9,21-22H,3-4,10H2,1-2H3,(H,30,31,32). The Bertz CT molecular complexity index is 1580. The number of rotatable bonds is 11. The second-order valence-corrected chi connectivity index (χ2v) is 15.0. The Labute approximate surface area is 224 Å². The summed E-state index contributed by atoms with van der Waals surface area (Å²) < 4.78 is 112. The van der Waals surface area contributed by atoms with Crippen LogP contribution in [0.4, 0.5) is 11.4 Å². The zero-order valence-corrected chi connectivity index (χ0v) is 24.0. The average molecular weight is 645 g/mol. The number of anilines is 2. The van der Waals surface area contributed by atoms with Gasteiger partial charge in [-0.1, -0.05) is 66.3 Å². The van der Waals surface area contributed by atoms with Gasteiger partial charge in [-0.3, -0.25) is 9.27 Å². The van der Waals surface area contributed by atoms with Crippen LogP contribution < -0.4 is 14.0 Å². The molecule has 12 nitrogen and oxygen atoms in total. The number of sulfonamides is 3. The molecule has 0 aliphatic heterocycles. The minimum Gasteiger partial charge on any atom is -0.282 e. The smallest absolute Gasteiger partial charge is 0.282 e. The van der Waals surface area contributed by atoms with Crippen LogP contribution in [0.15, 0.2) is 40.1 Å². The van der Waals surface area contributed by atoms with Gasteiger partial charge in [-0.25, -0.2) is 16.8 Å². The number of benzene rings is 2. The molecule has 2 aromatic rings. The summed E-state index contributed by atoms with van der Waals surface area (Å²) in [7, 11) is -18.8. The molecule has 2 rings (SSSR count). The van der Waals surface area contributed by atoms with Gasteiger partial charge in [0.25, 0.3) is 20.1 Å². The number of hydrazine groups is 1. The molecule has 3 N–H and O–H groups in total. The van der Waals surface area contributed by atoms with E-state index >= 15 is 0 Å².